The van der Waals surface area contributed by atoms with Gasteiger partial charge < -0.3 is 20.3 Å². The molecule has 7 nitrogen and oxygen atoms in total. The number of rotatable bonds is 5. The summed E-state index contributed by atoms with van der Waals surface area (Å²) < 4.78 is 0. The number of aromatic amines is 1. The van der Waals surface area contributed by atoms with Crippen molar-refractivity contribution in [3.8, 4) is 0 Å². The number of aliphatic hydroxyl groups is 1. The lowest BCUT2D eigenvalue weighted by Gasteiger charge is -2.23. The number of fused-ring (bicyclic) bond motifs is 1. The number of likely N-dealkylation sites (tertiary alicyclic amines) is 1. The molecular weight excluding hydrogens is 416 g/mol. The van der Waals surface area contributed by atoms with Crippen LogP contribution in [0.5, 0.6) is 0 Å². The second-order valence-electron chi connectivity index (χ2n) is 9.25. The molecular formula is C26H30N4O3. The van der Waals surface area contributed by atoms with Crippen molar-refractivity contribution >= 4 is 28.2 Å². The average molecular weight is 447 g/mol. The third-order valence-corrected chi connectivity index (χ3v) is 6.71. The largest absolute Gasteiger partial charge is 0.392 e. The van der Waals surface area contributed by atoms with Crippen molar-refractivity contribution in [1.82, 2.24) is 9.88 Å². The Balaban J connectivity index is 1.44. The van der Waals surface area contributed by atoms with E-state index in [-0.39, 0.29) is 17.6 Å². The van der Waals surface area contributed by atoms with Crippen molar-refractivity contribution < 1.29 is 9.90 Å². The highest BCUT2D eigenvalue weighted by Crippen LogP contribution is 2.28. The van der Waals surface area contributed by atoms with E-state index in [2.05, 4.69) is 32.2 Å². The van der Waals surface area contributed by atoms with Gasteiger partial charge in [0.15, 0.2) is 0 Å². The zero-order chi connectivity index (χ0) is 22.9. The van der Waals surface area contributed by atoms with E-state index in [4.69, 9.17) is 0 Å². The number of aryl methyl sites for hydroxylation is 1. The molecule has 0 radical (unpaired) electrons. The summed E-state index contributed by atoms with van der Waals surface area (Å²) in [5.74, 6) is -0.137. The number of carbonyl (C=O) groups is 1. The predicted molar refractivity (Wildman–Crippen MR) is 131 cm³/mol. The highest BCUT2D eigenvalue weighted by Gasteiger charge is 2.23. The minimum Gasteiger partial charge on any atom is -0.392 e. The normalized spacial score (nSPS) is 18.8. The van der Waals surface area contributed by atoms with Gasteiger partial charge in [0.1, 0.15) is 0 Å². The molecule has 2 fully saturated rings. The van der Waals surface area contributed by atoms with E-state index >= 15 is 0 Å². The van der Waals surface area contributed by atoms with E-state index in [9.17, 15) is 14.7 Å². The number of amides is 1. The second-order valence-corrected chi connectivity index (χ2v) is 9.25. The number of nitrogens with zero attached hydrogens (tertiary/aromatic N) is 2. The fourth-order valence-electron chi connectivity index (χ4n) is 5.01. The van der Waals surface area contributed by atoms with Crippen LogP contribution in [0.25, 0.3) is 10.9 Å². The molecule has 5 rings (SSSR count). The number of nitrogens with one attached hydrogen (secondary N) is 2. The minimum atomic E-state index is -0.261. The summed E-state index contributed by atoms with van der Waals surface area (Å²) in [5.41, 5.74) is 4.91. The molecule has 0 aliphatic carbocycles. The highest BCUT2D eigenvalue weighted by molar-refractivity contribution is 6.09. The van der Waals surface area contributed by atoms with E-state index in [1.54, 1.807) is 6.07 Å². The van der Waals surface area contributed by atoms with Gasteiger partial charge in [-0.05, 0) is 67.6 Å². The first-order valence-electron chi connectivity index (χ1n) is 11.7. The molecule has 2 saturated heterocycles. The van der Waals surface area contributed by atoms with Gasteiger partial charge in [0.05, 0.1) is 11.7 Å². The Bertz CT molecular complexity index is 1250. The van der Waals surface area contributed by atoms with Crippen LogP contribution in [0.4, 0.5) is 11.4 Å². The van der Waals surface area contributed by atoms with Crippen molar-refractivity contribution in [2.24, 2.45) is 0 Å². The van der Waals surface area contributed by atoms with Gasteiger partial charge in [-0.1, -0.05) is 6.07 Å². The Kier molecular flexibility index (Phi) is 5.91. The fourth-order valence-corrected chi connectivity index (χ4v) is 5.01. The van der Waals surface area contributed by atoms with E-state index < -0.39 is 0 Å². The lowest BCUT2D eigenvalue weighted by molar-refractivity contribution is 0.102. The Hall–Kier alpha value is -3.16. The molecule has 1 unspecified atom stereocenters. The summed E-state index contributed by atoms with van der Waals surface area (Å²) in [6, 6.07) is 13.3. The quantitative estimate of drug-likeness (QED) is 0.560. The van der Waals surface area contributed by atoms with Gasteiger partial charge in [0.25, 0.3) is 5.91 Å². The molecule has 33 heavy (non-hydrogen) atoms. The molecule has 2 aromatic carbocycles. The van der Waals surface area contributed by atoms with Gasteiger partial charge in [0, 0.05) is 61.1 Å². The van der Waals surface area contributed by atoms with Gasteiger partial charge in [-0.25, -0.2) is 0 Å². The highest BCUT2D eigenvalue weighted by atomic mass is 16.3. The number of hydrogen-bond acceptors (Lipinski definition) is 5. The fraction of sp³-hybridized carbons (Fsp3) is 0.385. The number of β-amino-alcohol motifs (C(OH)–C–C–N with tert-alkyl or cyclic N) is 1. The molecule has 3 aromatic rings. The number of hydrogen-bond donors (Lipinski definition) is 3. The minimum absolute atomic E-state index is 0.130. The Morgan fingerprint density at radius 1 is 1.12 bits per heavy atom. The number of benzene rings is 2. The molecule has 172 valence electrons. The van der Waals surface area contributed by atoms with Crippen molar-refractivity contribution in [2.75, 3.05) is 36.4 Å². The molecule has 0 saturated carbocycles. The molecule has 0 spiro atoms. The topological polar surface area (TPSA) is 88.7 Å². The van der Waals surface area contributed by atoms with Crippen molar-refractivity contribution in [3.63, 3.8) is 0 Å². The molecule has 1 atom stereocenters. The van der Waals surface area contributed by atoms with Gasteiger partial charge >= 0.3 is 0 Å². The van der Waals surface area contributed by atoms with E-state index in [1.165, 1.54) is 0 Å². The Labute approximate surface area is 193 Å². The zero-order valence-corrected chi connectivity index (χ0v) is 18.9. The maximum Gasteiger partial charge on any atom is 0.257 e. The number of aliphatic hydroxyl groups excluding tert-OH is 1. The lowest BCUT2D eigenvalue weighted by Crippen LogP contribution is -2.24. The second kappa shape index (κ2) is 9.00. The van der Waals surface area contributed by atoms with E-state index in [0.29, 0.717) is 17.8 Å². The third-order valence-electron chi connectivity index (χ3n) is 6.71. The first-order valence-corrected chi connectivity index (χ1v) is 11.7. The monoisotopic (exact) mass is 446 g/mol. The summed E-state index contributed by atoms with van der Waals surface area (Å²) >= 11 is 0. The van der Waals surface area contributed by atoms with E-state index in [0.717, 1.165) is 73.2 Å². The summed E-state index contributed by atoms with van der Waals surface area (Å²) in [6.45, 7) is 6.08. The van der Waals surface area contributed by atoms with Gasteiger partial charge in [-0.2, -0.15) is 0 Å². The maximum atomic E-state index is 13.5. The van der Waals surface area contributed by atoms with Crippen LogP contribution in [-0.4, -0.2) is 53.2 Å². The zero-order valence-electron chi connectivity index (χ0n) is 18.9. The predicted octanol–water partition coefficient (Wildman–Crippen LogP) is 3.26. The molecule has 0 bridgehead atoms. The third kappa shape index (κ3) is 4.65. The molecule has 2 aliphatic rings. The Morgan fingerprint density at radius 3 is 2.70 bits per heavy atom. The summed E-state index contributed by atoms with van der Waals surface area (Å²) in [6.07, 6.45) is 2.81. The standard InChI is InChI=1S/C26H30N4O3/c1-17-12-25(32)28-23-6-5-19(14-21(17)23)27-26(33)22-13-18(15-29-11-8-20(31)16-29)4-7-24(22)30-9-2-3-10-30/h4-7,12-14,20,31H,2-3,8-11,15-16H2,1H3,(H,27,33)(H,28,32). The van der Waals surface area contributed by atoms with Gasteiger partial charge in [-0.15, -0.1) is 0 Å². The number of aromatic nitrogens is 1. The SMILES string of the molecule is Cc1cc(=O)[nH]c2ccc(NC(=O)c3cc(CN4CCC(O)C4)ccc3N3CCCC3)cc12. The van der Waals surface area contributed by atoms with Crippen molar-refractivity contribution in [1.29, 1.82) is 0 Å². The van der Waals surface area contributed by atoms with Crippen molar-refractivity contribution in [2.45, 2.75) is 38.8 Å². The first-order chi connectivity index (χ1) is 16.0. The smallest absolute Gasteiger partial charge is 0.257 e. The lowest BCUT2D eigenvalue weighted by atomic mass is 10.1. The summed E-state index contributed by atoms with van der Waals surface area (Å²) in [7, 11) is 0. The number of pyridine rings is 1. The molecule has 3 N–H and O–H groups in total. The van der Waals surface area contributed by atoms with Crippen LogP contribution in [-0.2, 0) is 6.54 Å². The van der Waals surface area contributed by atoms with Crippen LogP contribution in [0.2, 0.25) is 0 Å². The van der Waals surface area contributed by atoms with Crippen LogP contribution in [0.3, 0.4) is 0 Å². The van der Waals surface area contributed by atoms with Gasteiger partial charge in [-0.3, -0.25) is 14.5 Å². The maximum absolute atomic E-state index is 13.5. The van der Waals surface area contributed by atoms with Crippen LogP contribution in [0.15, 0.2) is 47.3 Å². The number of H-pyrrole nitrogens is 1. The average Bonchev–Trinajstić information content (AvgIpc) is 3.46. The number of carbonyl (C=O) groups excluding carboxylic acids is 1. The van der Waals surface area contributed by atoms with Crippen molar-refractivity contribution in [3.05, 3.63) is 69.5 Å². The molecule has 1 amide bonds. The van der Waals surface area contributed by atoms with Crippen LogP contribution < -0.4 is 15.8 Å². The van der Waals surface area contributed by atoms with Crippen LogP contribution in [0, 0.1) is 6.92 Å². The molecule has 1 aromatic heterocycles. The van der Waals surface area contributed by atoms with Crippen LogP contribution in [0.1, 0.15) is 40.7 Å². The van der Waals surface area contributed by atoms with Gasteiger partial charge in [0.2, 0.25) is 5.56 Å². The molecule has 7 heteroatoms. The van der Waals surface area contributed by atoms with E-state index in [1.807, 2.05) is 31.2 Å². The summed E-state index contributed by atoms with van der Waals surface area (Å²) in [4.78, 5) is 32.5. The van der Waals surface area contributed by atoms with Crippen LogP contribution >= 0.6 is 0 Å². The molecule has 2 aliphatic heterocycles. The molecule has 3 heterocycles. The summed E-state index contributed by atoms with van der Waals surface area (Å²) in [5, 5.41) is 13.8. The first kappa shape index (κ1) is 21.7. The Morgan fingerprint density at radius 2 is 1.94 bits per heavy atom. The number of anilines is 2.